The maximum Gasteiger partial charge on any atom is 0.276 e. The Morgan fingerprint density at radius 3 is 2.92 bits per heavy atom. The van der Waals surface area contributed by atoms with Crippen molar-refractivity contribution >= 4 is 0 Å². The van der Waals surface area contributed by atoms with E-state index in [-0.39, 0.29) is 0 Å². The van der Waals surface area contributed by atoms with Gasteiger partial charge in [-0.3, -0.25) is 4.98 Å². The molecule has 66 valence electrons. The fraction of sp³-hybridized carbons (Fsp3) is 0.222. The highest BCUT2D eigenvalue weighted by atomic mass is 16.5. The highest BCUT2D eigenvalue weighted by Gasteiger charge is 2.06. The summed E-state index contributed by atoms with van der Waals surface area (Å²) in [5.74, 6) is 1.19. The first kappa shape index (κ1) is 7.91. The van der Waals surface area contributed by atoms with Gasteiger partial charge in [0, 0.05) is 12.6 Å². The molecule has 0 aliphatic heterocycles. The molecule has 0 radical (unpaired) electrons. The summed E-state index contributed by atoms with van der Waals surface area (Å²) < 4.78 is 5.02. The Morgan fingerprint density at radius 2 is 2.31 bits per heavy atom. The van der Waals surface area contributed by atoms with E-state index >= 15 is 0 Å². The molecule has 0 unspecified atom stereocenters. The number of hydrogen-bond acceptors (Lipinski definition) is 4. The molecule has 0 N–H and O–H groups in total. The monoisotopic (exact) mass is 175 g/mol. The minimum atomic E-state index is 0.484. The van der Waals surface area contributed by atoms with Gasteiger partial charge in [-0.1, -0.05) is 18.1 Å². The third-order valence-corrected chi connectivity index (χ3v) is 1.67. The lowest BCUT2D eigenvalue weighted by Gasteiger charge is -1.88. The second-order valence-corrected chi connectivity index (χ2v) is 2.58. The Bertz CT molecular complexity index is 383. The fourth-order valence-corrected chi connectivity index (χ4v) is 0.991. The molecule has 2 aromatic heterocycles. The average Bonchev–Trinajstić information content (AvgIpc) is 2.67. The van der Waals surface area contributed by atoms with E-state index < -0.39 is 0 Å². The lowest BCUT2D eigenvalue weighted by molar-refractivity contribution is 0.422. The predicted octanol–water partition coefficient (Wildman–Crippen LogP) is 1.69. The van der Waals surface area contributed by atoms with Crippen LogP contribution in [0.2, 0.25) is 0 Å². The maximum atomic E-state index is 5.02. The topological polar surface area (TPSA) is 51.8 Å². The Labute approximate surface area is 75.6 Å². The SMILES string of the molecule is CCc1noc(-c2ccccn2)n1. The second kappa shape index (κ2) is 3.35. The molecular formula is C9H9N3O. The number of nitrogens with zero attached hydrogens (tertiary/aromatic N) is 3. The number of rotatable bonds is 2. The molecule has 2 heterocycles. The van der Waals surface area contributed by atoms with Gasteiger partial charge in [0.1, 0.15) is 5.69 Å². The molecule has 13 heavy (non-hydrogen) atoms. The number of pyridine rings is 1. The van der Waals surface area contributed by atoms with E-state index in [0.717, 1.165) is 12.1 Å². The van der Waals surface area contributed by atoms with Gasteiger partial charge < -0.3 is 4.52 Å². The maximum absolute atomic E-state index is 5.02. The van der Waals surface area contributed by atoms with Gasteiger partial charge in [0.05, 0.1) is 0 Å². The molecule has 0 saturated carbocycles. The van der Waals surface area contributed by atoms with E-state index in [0.29, 0.717) is 11.7 Å². The van der Waals surface area contributed by atoms with Crippen molar-refractivity contribution in [1.82, 2.24) is 15.1 Å². The average molecular weight is 175 g/mol. The van der Waals surface area contributed by atoms with Crippen molar-refractivity contribution in [3.05, 3.63) is 30.2 Å². The minimum absolute atomic E-state index is 0.484. The van der Waals surface area contributed by atoms with Gasteiger partial charge in [-0.25, -0.2) is 0 Å². The van der Waals surface area contributed by atoms with Crippen LogP contribution < -0.4 is 0 Å². The van der Waals surface area contributed by atoms with E-state index in [4.69, 9.17) is 4.52 Å². The summed E-state index contributed by atoms with van der Waals surface area (Å²) >= 11 is 0. The van der Waals surface area contributed by atoms with Crippen LogP contribution in [0.25, 0.3) is 11.6 Å². The smallest absolute Gasteiger partial charge is 0.276 e. The molecule has 0 fully saturated rings. The van der Waals surface area contributed by atoms with Crippen LogP contribution in [-0.4, -0.2) is 15.1 Å². The van der Waals surface area contributed by atoms with Gasteiger partial charge in [-0.15, -0.1) is 0 Å². The van der Waals surface area contributed by atoms with E-state index in [2.05, 4.69) is 15.1 Å². The van der Waals surface area contributed by atoms with E-state index in [9.17, 15) is 0 Å². The second-order valence-electron chi connectivity index (χ2n) is 2.58. The zero-order chi connectivity index (χ0) is 9.10. The van der Waals surface area contributed by atoms with Crippen molar-refractivity contribution in [2.75, 3.05) is 0 Å². The number of aromatic nitrogens is 3. The highest BCUT2D eigenvalue weighted by Crippen LogP contribution is 2.12. The third kappa shape index (κ3) is 1.56. The molecule has 0 saturated heterocycles. The molecule has 0 amide bonds. The largest absolute Gasteiger partial charge is 0.332 e. The van der Waals surface area contributed by atoms with Crippen LogP contribution in [0.4, 0.5) is 0 Å². The lowest BCUT2D eigenvalue weighted by atomic mass is 10.3. The molecular weight excluding hydrogens is 166 g/mol. The zero-order valence-electron chi connectivity index (χ0n) is 7.27. The molecule has 4 nitrogen and oxygen atoms in total. The molecule has 0 aliphatic rings. The number of aryl methyl sites for hydroxylation is 1. The minimum Gasteiger partial charge on any atom is -0.332 e. The van der Waals surface area contributed by atoms with E-state index in [1.54, 1.807) is 6.20 Å². The van der Waals surface area contributed by atoms with Crippen LogP contribution in [0.1, 0.15) is 12.7 Å². The van der Waals surface area contributed by atoms with Gasteiger partial charge in [0.2, 0.25) is 0 Å². The molecule has 4 heteroatoms. The van der Waals surface area contributed by atoms with E-state index in [1.807, 2.05) is 25.1 Å². The Hall–Kier alpha value is -1.71. The standard InChI is InChI=1S/C9H9N3O/c1-2-8-11-9(13-12-8)7-5-3-4-6-10-7/h3-6H,2H2,1H3. The lowest BCUT2D eigenvalue weighted by Crippen LogP contribution is -1.83. The first-order valence-electron chi connectivity index (χ1n) is 4.14. The van der Waals surface area contributed by atoms with Crippen LogP contribution in [0.5, 0.6) is 0 Å². The normalized spacial score (nSPS) is 10.2. The van der Waals surface area contributed by atoms with Crippen molar-refractivity contribution < 1.29 is 4.52 Å². The summed E-state index contributed by atoms with van der Waals surface area (Å²) in [5, 5.41) is 3.78. The summed E-state index contributed by atoms with van der Waals surface area (Å²) in [6.07, 6.45) is 2.47. The Balaban J connectivity index is 2.36. The molecule has 0 aliphatic carbocycles. The first-order valence-corrected chi connectivity index (χ1v) is 4.14. The summed E-state index contributed by atoms with van der Waals surface area (Å²) in [5.41, 5.74) is 0.717. The van der Waals surface area contributed by atoms with Gasteiger partial charge in [0.25, 0.3) is 5.89 Å². The van der Waals surface area contributed by atoms with Gasteiger partial charge in [-0.2, -0.15) is 4.98 Å². The van der Waals surface area contributed by atoms with E-state index in [1.165, 1.54) is 0 Å². The zero-order valence-corrected chi connectivity index (χ0v) is 7.27. The summed E-state index contributed by atoms with van der Waals surface area (Å²) in [6, 6.07) is 5.58. The summed E-state index contributed by atoms with van der Waals surface area (Å²) in [6.45, 7) is 1.98. The molecule has 0 atom stereocenters. The van der Waals surface area contributed by atoms with Crippen molar-refractivity contribution in [2.24, 2.45) is 0 Å². The van der Waals surface area contributed by atoms with Crippen LogP contribution in [0.3, 0.4) is 0 Å². The van der Waals surface area contributed by atoms with Gasteiger partial charge in [-0.05, 0) is 12.1 Å². The van der Waals surface area contributed by atoms with Crippen LogP contribution in [0.15, 0.2) is 28.9 Å². The summed E-state index contributed by atoms with van der Waals surface area (Å²) in [4.78, 5) is 8.26. The predicted molar refractivity (Wildman–Crippen MR) is 46.9 cm³/mol. The van der Waals surface area contributed by atoms with Gasteiger partial charge in [0.15, 0.2) is 5.82 Å². The van der Waals surface area contributed by atoms with Crippen molar-refractivity contribution in [2.45, 2.75) is 13.3 Å². The third-order valence-electron chi connectivity index (χ3n) is 1.67. The molecule has 2 rings (SSSR count). The first-order chi connectivity index (χ1) is 6.40. The van der Waals surface area contributed by atoms with Crippen LogP contribution in [-0.2, 0) is 6.42 Å². The molecule has 0 aromatic carbocycles. The molecule has 0 spiro atoms. The highest BCUT2D eigenvalue weighted by molar-refractivity contribution is 5.45. The Kier molecular flexibility index (Phi) is 2.04. The van der Waals surface area contributed by atoms with Crippen molar-refractivity contribution in [3.63, 3.8) is 0 Å². The Morgan fingerprint density at radius 1 is 1.38 bits per heavy atom. The summed E-state index contributed by atoms with van der Waals surface area (Å²) in [7, 11) is 0. The molecule has 2 aromatic rings. The van der Waals surface area contributed by atoms with Crippen molar-refractivity contribution in [3.8, 4) is 11.6 Å². The van der Waals surface area contributed by atoms with Crippen LogP contribution in [0, 0.1) is 0 Å². The molecule has 0 bridgehead atoms. The van der Waals surface area contributed by atoms with Crippen molar-refractivity contribution in [1.29, 1.82) is 0 Å². The van der Waals surface area contributed by atoms with Crippen LogP contribution >= 0.6 is 0 Å². The number of hydrogen-bond donors (Lipinski definition) is 0. The quantitative estimate of drug-likeness (QED) is 0.697. The van der Waals surface area contributed by atoms with Gasteiger partial charge >= 0.3 is 0 Å². The fourth-order valence-electron chi connectivity index (χ4n) is 0.991.